The number of ether oxygens (including phenoxy) is 1. The largest absolute Gasteiger partial charge is 0.478 e. The number of nitrogens with zero attached hydrogens (tertiary/aromatic N) is 1. The van der Waals surface area contributed by atoms with Crippen molar-refractivity contribution in [2.45, 2.75) is 6.92 Å². The second-order valence-corrected chi connectivity index (χ2v) is 2.54. The SMILES string of the molecule is C=C(C)C(=O)O.C=CC#N.C=CCOC(=O)C=C. The molecule has 0 rings (SSSR count). The average Bonchev–Trinajstić information content (AvgIpc) is 2.36. The molecule has 18 heavy (non-hydrogen) atoms. The minimum Gasteiger partial charge on any atom is -0.478 e. The Bertz CT molecular complexity index is 338. The summed E-state index contributed by atoms with van der Waals surface area (Å²) in [5.74, 6) is -1.35. The summed E-state index contributed by atoms with van der Waals surface area (Å²) in [5.41, 5.74) is 0.176. The second kappa shape index (κ2) is 16.8. The zero-order valence-corrected chi connectivity index (χ0v) is 10.4. The number of hydrogen-bond donors (Lipinski definition) is 1. The highest BCUT2D eigenvalue weighted by molar-refractivity contribution is 5.84. The quantitative estimate of drug-likeness (QED) is 0.358. The summed E-state index contributed by atoms with van der Waals surface area (Å²) >= 11 is 0. The molecular weight excluding hydrogens is 234 g/mol. The normalized spacial score (nSPS) is 6.67. The highest BCUT2D eigenvalue weighted by atomic mass is 16.5. The van der Waals surface area contributed by atoms with Gasteiger partial charge in [0.2, 0.25) is 0 Å². The Hall–Kier alpha value is -2.61. The molecule has 5 nitrogen and oxygen atoms in total. The van der Waals surface area contributed by atoms with E-state index in [1.165, 1.54) is 19.1 Å². The average molecular weight is 251 g/mol. The maximum atomic E-state index is 10.2. The molecule has 0 saturated carbocycles. The lowest BCUT2D eigenvalue weighted by Crippen LogP contribution is -1.98. The van der Waals surface area contributed by atoms with Gasteiger partial charge in [-0.15, -0.1) is 0 Å². The first-order chi connectivity index (χ1) is 8.37. The number of carboxylic acid groups (broad SMARTS) is 1. The maximum absolute atomic E-state index is 10.2. The molecule has 0 aliphatic carbocycles. The minimum absolute atomic E-state index is 0.176. The fourth-order valence-corrected chi connectivity index (χ4v) is 0.200. The van der Waals surface area contributed by atoms with Crippen molar-refractivity contribution in [3.05, 3.63) is 50.1 Å². The fraction of sp³-hybridized carbons (Fsp3) is 0.154. The van der Waals surface area contributed by atoms with Gasteiger partial charge in [0, 0.05) is 17.7 Å². The van der Waals surface area contributed by atoms with E-state index in [1.807, 2.05) is 0 Å². The Morgan fingerprint density at radius 3 is 1.94 bits per heavy atom. The third kappa shape index (κ3) is 29.2. The van der Waals surface area contributed by atoms with Gasteiger partial charge in [-0.3, -0.25) is 0 Å². The Kier molecular flexibility index (Phi) is 19.4. The van der Waals surface area contributed by atoms with Gasteiger partial charge in [0.25, 0.3) is 0 Å². The van der Waals surface area contributed by atoms with E-state index < -0.39 is 11.9 Å². The van der Waals surface area contributed by atoms with Gasteiger partial charge in [-0.1, -0.05) is 32.4 Å². The van der Waals surface area contributed by atoms with Gasteiger partial charge >= 0.3 is 11.9 Å². The predicted octanol–water partition coefficient (Wildman–Crippen LogP) is 2.24. The number of carbonyl (C=O) groups excluding carboxylic acids is 1. The summed E-state index contributed by atoms with van der Waals surface area (Å²) in [5, 5.41) is 15.4. The lowest BCUT2D eigenvalue weighted by atomic mass is 10.4. The number of esters is 1. The summed E-state index contributed by atoms with van der Waals surface area (Å²) in [4.78, 5) is 19.8. The highest BCUT2D eigenvalue weighted by Crippen LogP contribution is 1.81. The number of carboxylic acids is 1. The van der Waals surface area contributed by atoms with E-state index in [4.69, 9.17) is 10.4 Å². The summed E-state index contributed by atoms with van der Waals surface area (Å²) in [7, 11) is 0. The monoisotopic (exact) mass is 251 g/mol. The second-order valence-electron chi connectivity index (χ2n) is 2.54. The number of hydrogen-bond acceptors (Lipinski definition) is 4. The smallest absolute Gasteiger partial charge is 0.330 e. The molecule has 0 aliphatic heterocycles. The molecule has 0 spiro atoms. The first-order valence-electron chi connectivity index (χ1n) is 4.66. The molecule has 0 atom stereocenters. The molecule has 0 fully saturated rings. The number of carbonyl (C=O) groups is 2. The van der Waals surface area contributed by atoms with Crippen molar-refractivity contribution in [1.82, 2.24) is 0 Å². The molecule has 0 aromatic heterocycles. The lowest BCUT2D eigenvalue weighted by molar-refractivity contribution is -0.136. The van der Waals surface area contributed by atoms with Crippen LogP contribution in [-0.4, -0.2) is 23.7 Å². The maximum Gasteiger partial charge on any atom is 0.330 e. The molecule has 0 bridgehead atoms. The van der Waals surface area contributed by atoms with Crippen LogP contribution < -0.4 is 0 Å². The van der Waals surface area contributed by atoms with Crippen molar-refractivity contribution in [1.29, 1.82) is 5.26 Å². The van der Waals surface area contributed by atoms with Gasteiger partial charge < -0.3 is 9.84 Å². The molecule has 5 heteroatoms. The standard InChI is InChI=1S/C6H8O2.C4H6O2.C3H3N/c1-3-5-8-6(7)4-2;1-3(2)4(5)6;1-2-3-4/h3-4H,1-2,5H2;1H2,2H3,(H,5,6);2H,1H2. The molecule has 98 valence electrons. The van der Waals surface area contributed by atoms with Crippen LogP contribution in [0, 0.1) is 11.3 Å². The van der Waals surface area contributed by atoms with Crippen LogP contribution in [0.5, 0.6) is 0 Å². The molecule has 0 unspecified atom stereocenters. The number of nitriles is 1. The van der Waals surface area contributed by atoms with Gasteiger partial charge in [-0.2, -0.15) is 5.26 Å². The first kappa shape index (κ1) is 20.8. The Morgan fingerprint density at radius 1 is 1.39 bits per heavy atom. The van der Waals surface area contributed by atoms with Crippen molar-refractivity contribution < 1.29 is 19.4 Å². The van der Waals surface area contributed by atoms with Crippen molar-refractivity contribution in [2.75, 3.05) is 6.61 Å². The molecule has 1 N–H and O–H groups in total. The van der Waals surface area contributed by atoms with Crippen LogP contribution in [0.15, 0.2) is 50.1 Å². The van der Waals surface area contributed by atoms with Crippen LogP contribution in [0.3, 0.4) is 0 Å². The number of allylic oxidation sites excluding steroid dienone is 1. The molecular formula is C13H17NO4. The zero-order valence-electron chi connectivity index (χ0n) is 10.4. The van der Waals surface area contributed by atoms with E-state index in [2.05, 4.69) is 31.1 Å². The van der Waals surface area contributed by atoms with Crippen LogP contribution in [0.25, 0.3) is 0 Å². The predicted molar refractivity (Wildman–Crippen MR) is 69.6 cm³/mol. The van der Waals surface area contributed by atoms with Crippen LogP contribution in [-0.2, 0) is 14.3 Å². The third-order valence-electron chi connectivity index (χ3n) is 0.966. The Balaban J connectivity index is -0.000000200. The molecule has 0 aliphatic rings. The van der Waals surface area contributed by atoms with Crippen LogP contribution >= 0.6 is 0 Å². The van der Waals surface area contributed by atoms with Crippen molar-refractivity contribution in [2.24, 2.45) is 0 Å². The third-order valence-corrected chi connectivity index (χ3v) is 0.966. The topological polar surface area (TPSA) is 87.4 Å². The minimum atomic E-state index is -0.935. The van der Waals surface area contributed by atoms with Gasteiger partial charge in [0.1, 0.15) is 6.61 Å². The van der Waals surface area contributed by atoms with Gasteiger partial charge in [-0.25, -0.2) is 9.59 Å². The van der Waals surface area contributed by atoms with E-state index in [9.17, 15) is 9.59 Å². The van der Waals surface area contributed by atoms with E-state index in [-0.39, 0.29) is 12.2 Å². The summed E-state index contributed by atoms with van der Waals surface area (Å²) in [6.07, 6.45) is 3.80. The summed E-state index contributed by atoms with van der Waals surface area (Å²) in [6.45, 7) is 14.5. The highest BCUT2D eigenvalue weighted by Gasteiger charge is 1.90. The number of aliphatic carboxylic acids is 1. The van der Waals surface area contributed by atoms with Gasteiger partial charge in [-0.05, 0) is 6.92 Å². The molecule has 0 aromatic rings. The van der Waals surface area contributed by atoms with E-state index in [0.29, 0.717) is 0 Å². The fourth-order valence-electron chi connectivity index (χ4n) is 0.200. The summed E-state index contributed by atoms with van der Waals surface area (Å²) < 4.78 is 4.47. The Labute approximate surface area is 107 Å². The first-order valence-corrected chi connectivity index (χ1v) is 4.66. The van der Waals surface area contributed by atoms with Crippen LogP contribution in [0.2, 0.25) is 0 Å². The molecule has 0 heterocycles. The van der Waals surface area contributed by atoms with E-state index >= 15 is 0 Å². The molecule has 0 radical (unpaired) electrons. The van der Waals surface area contributed by atoms with Crippen LogP contribution in [0.4, 0.5) is 0 Å². The molecule has 0 saturated heterocycles. The van der Waals surface area contributed by atoms with Crippen molar-refractivity contribution in [3.8, 4) is 6.07 Å². The van der Waals surface area contributed by atoms with Crippen molar-refractivity contribution >= 4 is 11.9 Å². The number of rotatable bonds is 4. The van der Waals surface area contributed by atoms with E-state index in [1.54, 1.807) is 6.07 Å². The van der Waals surface area contributed by atoms with Crippen molar-refractivity contribution in [3.63, 3.8) is 0 Å². The zero-order chi connectivity index (χ0) is 15.0. The van der Waals surface area contributed by atoms with Gasteiger partial charge in [0.05, 0.1) is 6.07 Å². The van der Waals surface area contributed by atoms with Crippen LogP contribution in [0.1, 0.15) is 6.92 Å². The Morgan fingerprint density at radius 2 is 1.78 bits per heavy atom. The molecule has 0 amide bonds. The summed E-state index contributed by atoms with van der Waals surface area (Å²) in [6, 6.07) is 1.69. The van der Waals surface area contributed by atoms with E-state index in [0.717, 1.165) is 6.08 Å². The molecule has 0 aromatic carbocycles. The van der Waals surface area contributed by atoms with Gasteiger partial charge in [0.15, 0.2) is 0 Å². The lowest BCUT2D eigenvalue weighted by Gasteiger charge is -1.92.